The molecule has 1 saturated heterocycles. The maximum absolute atomic E-state index is 13.0. The van der Waals surface area contributed by atoms with Crippen molar-refractivity contribution in [2.45, 2.75) is 38.6 Å². The van der Waals surface area contributed by atoms with Crippen LogP contribution >= 0.6 is 15.9 Å². The van der Waals surface area contributed by atoms with Gasteiger partial charge in [0.1, 0.15) is 11.5 Å². The Bertz CT molecular complexity index is 932. The second kappa shape index (κ2) is 7.68. The van der Waals surface area contributed by atoms with E-state index in [2.05, 4.69) is 33.2 Å². The zero-order valence-corrected chi connectivity index (χ0v) is 16.6. The van der Waals surface area contributed by atoms with Gasteiger partial charge in [-0.25, -0.2) is 0 Å². The van der Waals surface area contributed by atoms with Crippen molar-refractivity contribution in [3.8, 4) is 11.3 Å². The van der Waals surface area contributed by atoms with E-state index in [-0.39, 0.29) is 11.9 Å². The summed E-state index contributed by atoms with van der Waals surface area (Å²) in [5.74, 6) is 1.31. The lowest BCUT2D eigenvalue weighted by atomic mass is 10.1. The summed E-state index contributed by atoms with van der Waals surface area (Å²) in [7, 11) is 0. The Morgan fingerprint density at radius 3 is 2.81 bits per heavy atom. The highest BCUT2D eigenvalue weighted by atomic mass is 79.9. The maximum Gasteiger partial charge on any atom is 0.276 e. The van der Waals surface area contributed by atoms with Crippen LogP contribution in [-0.2, 0) is 6.42 Å². The molecule has 1 atom stereocenters. The van der Waals surface area contributed by atoms with Crippen molar-refractivity contribution < 1.29 is 13.8 Å². The third-order valence-corrected chi connectivity index (χ3v) is 5.32. The van der Waals surface area contributed by atoms with Crippen LogP contribution in [0.15, 0.2) is 49.9 Å². The van der Waals surface area contributed by atoms with Gasteiger partial charge >= 0.3 is 0 Å². The standard InChI is InChI=1S/C20H20BrN3O3/c1-2-4-15-11-16(22-26-15)18-5-3-10-24(18)20(25)17-12-19(27-23-17)13-6-8-14(21)9-7-13/h6-9,11-12,18H,2-5,10H2,1H3/t18-/m0/s1. The van der Waals surface area contributed by atoms with Crippen molar-refractivity contribution in [2.75, 3.05) is 6.54 Å². The number of nitrogens with zero attached hydrogens (tertiary/aromatic N) is 3. The van der Waals surface area contributed by atoms with Gasteiger partial charge in [0.2, 0.25) is 0 Å². The van der Waals surface area contributed by atoms with Crippen LogP contribution in [0.25, 0.3) is 11.3 Å². The van der Waals surface area contributed by atoms with E-state index in [9.17, 15) is 4.79 Å². The van der Waals surface area contributed by atoms with Crippen molar-refractivity contribution in [3.63, 3.8) is 0 Å². The molecule has 0 spiro atoms. The molecule has 2 aromatic heterocycles. The Morgan fingerprint density at radius 2 is 2.04 bits per heavy atom. The smallest absolute Gasteiger partial charge is 0.276 e. The number of likely N-dealkylation sites (tertiary alicyclic amines) is 1. The van der Waals surface area contributed by atoms with E-state index < -0.39 is 0 Å². The maximum atomic E-state index is 13.0. The minimum absolute atomic E-state index is 0.0697. The molecule has 0 saturated carbocycles. The number of aryl methyl sites for hydroxylation is 1. The van der Waals surface area contributed by atoms with E-state index >= 15 is 0 Å². The molecule has 4 rings (SSSR count). The second-order valence-electron chi connectivity index (χ2n) is 6.71. The zero-order valence-electron chi connectivity index (χ0n) is 15.0. The Balaban J connectivity index is 1.53. The fourth-order valence-electron chi connectivity index (χ4n) is 3.44. The summed E-state index contributed by atoms with van der Waals surface area (Å²) in [4.78, 5) is 14.8. The third-order valence-electron chi connectivity index (χ3n) is 4.79. The molecule has 1 fully saturated rings. The van der Waals surface area contributed by atoms with E-state index in [1.54, 1.807) is 6.07 Å². The summed E-state index contributed by atoms with van der Waals surface area (Å²) >= 11 is 3.41. The average Bonchev–Trinajstić information content (AvgIpc) is 3.42. The lowest BCUT2D eigenvalue weighted by molar-refractivity contribution is 0.0720. The summed E-state index contributed by atoms with van der Waals surface area (Å²) in [6.07, 6.45) is 3.66. The highest BCUT2D eigenvalue weighted by Gasteiger charge is 2.34. The number of benzene rings is 1. The molecule has 1 aliphatic rings. The van der Waals surface area contributed by atoms with E-state index in [1.165, 1.54) is 0 Å². The van der Waals surface area contributed by atoms with Crippen LogP contribution < -0.4 is 0 Å². The first-order valence-electron chi connectivity index (χ1n) is 9.15. The van der Waals surface area contributed by atoms with E-state index in [1.807, 2.05) is 35.2 Å². The van der Waals surface area contributed by atoms with Gasteiger partial charge in [-0.05, 0) is 31.4 Å². The molecule has 0 bridgehead atoms. The monoisotopic (exact) mass is 429 g/mol. The van der Waals surface area contributed by atoms with Crippen molar-refractivity contribution in [1.29, 1.82) is 0 Å². The van der Waals surface area contributed by atoms with Gasteiger partial charge < -0.3 is 13.9 Å². The summed E-state index contributed by atoms with van der Waals surface area (Å²) in [5, 5.41) is 8.19. The van der Waals surface area contributed by atoms with E-state index in [4.69, 9.17) is 9.05 Å². The lowest BCUT2D eigenvalue weighted by Crippen LogP contribution is -2.30. The minimum Gasteiger partial charge on any atom is -0.361 e. The molecule has 3 aromatic rings. The summed E-state index contributed by atoms with van der Waals surface area (Å²) in [6, 6.07) is 11.3. The van der Waals surface area contributed by atoms with Crippen molar-refractivity contribution in [3.05, 3.63) is 58.0 Å². The van der Waals surface area contributed by atoms with Crippen LogP contribution in [0.4, 0.5) is 0 Å². The number of carbonyl (C=O) groups excluding carboxylic acids is 1. The highest BCUT2D eigenvalue weighted by Crippen LogP contribution is 2.33. The lowest BCUT2D eigenvalue weighted by Gasteiger charge is -2.21. The van der Waals surface area contributed by atoms with Crippen molar-refractivity contribution in [1.82, 2.24) is 15.2 Å². The number of carbonyl (C=O) groups is 1. The van der Waals surface area contributed by atoms with Gasteiger partial charge in [0, 0.05) is 35.1 Å². The Kier molecular flexibility index (Phi) is 5.11. The van der Waals surface area contributed by atoms with Crippen molar-refractivity contribution in [2.24, 2.45) is 0 Å². The Hall–Kier alpha value is -2.41. The Morgan fingerprint density at radius 1 is 1.22 bits per heavy atom. The van der Waals surface area contributed by atoms with Crippen molar-refractivity contribution >= 4 is 21.8 Å². The number of aromatic nitrogens is 2. The number of rotatable bonds is 5. The molecule has 1 aromatic carbocycles. The molecule has 27 heavy (non-hydrogen) atoms. The van der Waals surface area contributed by atoms with Crippen LogP contribution in [0.1, 0.15) is 54.2 Å². The van der Waals surface area contributed by atoms with Crippen LogP contribution in [0.2, 0.25) is 0 Å². The average molecular weight is 430 g/mol. The molecule has 1 aliphatic heterocycles. The topological polar surface area (TPSA) is 72.4 Å². The Labute approximate surface area is 165 Å². The largest absolute Gasteiger partial charge is 0.361 e. The molecule has 0 N–H and O–H groups in total. The van der Waals surface area contributed by atoms with Crippen LogP contribution in [-0.4, -0.2) is 27.7 Å². The van der Waals surface area contributed by atoms with Gasteiger partial charge in [-0.15, -0.1) is 0 Å². The SMILES string of the molecule is CCCc1cc([C@@H]2CCCN2C(=O)c2cc(-c3ccc(Br)cc3)on2)no1. The van der Waals surface area contributed by atoms with Gasteiger partial charge in [-0.1, -0.05) is 45.3 Å². The van der Waals surface area contributed by atoms with Gasteiger partial charge in [0.25, 0.3) is 5.91 Å². The third kappa shape index (κ3) is 3.69. The predicted molar refractivity (Wildman–Crippen MR) is 103 cm³/mol. The molecule has 0 unspecified atom stereocenters. The molecule has 3 heterocycles. The fourth-order valence-corrected chi connectivity index (χ4v) is 3.71. The molecular formula is C20H20BrN3O3. The first-order chi connectivity index (χ1) is 13.2. The summed E-state index contributed by atoms with van der Waals surface area (Å²) in [5.41, 5.74) is 2.02. The van der Waals surface area contributed by atoms with Crippen LogP contribution in [0, 0.1) is 0 Å². The molecular weight excluding hydrogens is 410 g/mol. The molecule has 1 amide bonds. The highest BCUT2D eigenvalue weighted by molar-refractivity contribution is 9.10. The van der Waals surface area contributed by atoms with Gasteiger partial charge in [0.15, 0.2) is 11.5 Å². The van der Waals surface area contributed by atoms with Gasteiger partial charge in [-0.3, -0.25) is 4.79 Å². The quantitative estimate of drug-likeness (QED) is 0.568. The minimum atomic E-state index is -0.135. The molecule has 0 aliphatic carbocycles. The first kappa shape index (κ1) is 18.0. The predicted octanol–water partition coefficient (Wildman–Crippen LogP) is 5.02. The van der Waals surface area contributed by atoms with E-state index in [0.717, 1.165) is 47.2 Å². The molecule has 6 nitrogen and oxygen atoms in total. The molecule has 0 radical (unpaired) electrons. The van der Waals surface area contributed by atoms with Gasteiger partial charge in [0.05, 0.1) is 6.04 Å². The normalized spacial score (nSPS) is 16.8. The van der Waals surface area contributed by atoms with Gasteiger partial charge in [-0.2, -0.15) is 0 Å². The number of hydrogen-bond acceptors (Lipinski definition) is 5. The van der Waals surface area contributed by atoms with Crippen LogP contribution in [0.5, 0.6) is 0 Å². The second-order valence-corrected chi connectivity index (χ2v) is 7.62. The number of halogens is 1. The van der Waals surface area contributed by atoms with Crippen LogP contribution in [0.3, 0.4) is 0 Å². The number of amides is 1. The summed E-state index contributed by atoms with van der Waals surface area (Å²) in [6.45, 7) is 2.78. The van der Waals surface area contributed by atoms with E-state index in [0.29, 0.717) is 18.0 Å². The number of hydrogen-bond donors (Lipinski definition) is 0. The fraction of sp³-hybridized carbons (Fsp3) is 0.350. The first-order valence-corrected chi connectivity index (χ1v) is 9.94. The molecule has 140 valence electrons. The summed E-state index contributed by atoms with van der Waals surface area (Å²) < 4.78 is 11.8. The molecule has 7 heteroatoms. The zero-order chi connectivity index (χ0) is 18.8.